The molecule has 2 aliphatic heterocycles. The Morgan fingerprint density at radius 2 is 1.94 bits per heavy atom. The van der Waals surface area contributed by atoms with E-state index in [1.165, 1.54) is 0 Å². The quantitative estimate of drug-likeness (QED) is 0.471. The molecule has 3 aromatic heterocycles. The molecule has 0 spiro atoms. The average molecular weight is 419 g/mol. The predicted octanol–water partition coefficient (Wildman–Crippen LogP) is 1.59. The molecule has 12 heteroatoms. The number of H-pyrrole nitrogens is 1. The lowest BCUT2D eigenvalue weighted by Crippen LogP contribution is -2.45. The number of benzene rings is 1. The van der Waals surface area contributed by atoms with Crippen molar-refractivity contribution in [3.8, 4) is 23.0 Å². The minimum absolute atomic E-state index is 0.258. The number of fused-ring (bicyclic) bond motifs is 1. The standard InChI is InChI=1S/C19H17N9O3/c1-2-15-16(30-10-29-15)3-11(1)4-20-18-21-5-12(6-22-18)17-25-26-19(31-17)28-8-13(9-28)14-7-23-27-24-14/h1-3,5-7,13H,4,8-10H2,(H,20,21,22)(H,23,24,27). The molecule has 0 radical (unpaired) electrons. The van der Waals surface area contributed by atoms with Gasteiger partial charge in [0.05, 0.1) is 11.3 Å². The van der Waals surface area contributed by atoms with Crippen molar-refractivity contribution in [2.75, 3.05) is 30.1 Å². The second-order valence-corrected chi connectivity index (χ2v) is 7.23. The van der Waals surface area contributed by atoms with E-state index in [0.29, 0.717) is 35.9 Å². The zero-order valence-electron chi connectivity index (χ0n) is 16.2. The summed E-state index contributed by atoms with van der Waals surface area (Å²) in [6.07, 6.45) is 5.11. The van der Waals surface area contributed by atoms with E-state index in [9.17, 15) is 0 Å². The molecule has 6 rings (SSSR count). The molecular formula is C19H17N9O3. The van der Waals surface area contributed by atoms with Crippen molar-refractivity contribution < 1.29 is 13.9 Å². The topological polar surface area (TPSA) is 140 Å². The third kappa shape index (κ3) is 3.37. The fourth-order valence-corrected chi connectivity index (χ4v) is 3.45. The molecule has 31 heavy (non-hydrogen) atoms. The highest BCUT2D eigenvalue weighted by Crippen LogP contribution is 2.33. The van der Waals surface area contributed by atoms with Gasteiger partial charge in [0.15, 0.2) is 11.5 Å². The highest BCUT2D eigenvalue weighted by atomic mass is 16.7. The smallest absolute Gasteiger partial charge is 0.318 e. The molecule has 0 bridgehead atoms. The minimum Gasteiger partial charge on any atom is -0.454 e. The summed E-state index contributed by atoms with van der Waals surface area (Å²) in [4.78, 5) is 10.7. The lowest BCUT2D eigenvalue weighted by atomic mass is 9.98. The van der Waals surface area contributed by atoms with E-state index in [1.807, 2.05) is 23.1 Å². The molecule has 0 amide bonds. The minimum atomic E-state index is 0.258. The first-order chi connectivity index (χ1) is 15.3. The predicted molar refractivity (Wildman–Crippen MR) is 107 cm³/mol. The third-order valence-corrected chi connectivity index (χ3v) is 5.21. The van der Waals surface area contributed by atoms with Crippen LogP contribution in [0.25, 0.3) is 11.5 Å². The Hall–Kier alpha value is -4.22. The number of ether oxygens (including phenoxy) is 2. The molecule has 1 fully saturated rings. The molecular weight excluding hydrogens is 402 g/mol. The average Bonchev–Trinajstić information content (AvgIpc) is 3.53. The van der Waals surface area contributed by atoms with Gasteiger partial charge in [0.1, 0.15) is 0 Å². The van der Waals surface area contributed by atoms with Gasteiger partial charge >= 0.3 is 6.01 Å². The Morgan fingerprint density at radius 1 is 1.06 bits per heavy atom. The number of rotatable bonds is 6. The van der Waals surface area contributed by atoms with Gasteiger partial charge in [-0.2, -0.15) is 0 Å². The highest BCUT2D eigenvalue weighted by Gasteiger charge is 2.33. The van der Waals surface area contributed by atoms with E-state index in [0.717, 1.165) is 35.8 Å². The summed E-state index contributed by atoms with van der Waals surface area (Å²) in [7, 11) is 0. The third-order valence-electron chi connectivity index (χ3n) is 5.21. The van der Waals surface area contributed by atoms with Crippen LogP contribution in [0.5, 0.6) is 11.5 Å². The van der Waals surface area contributed by atoms with Crippen molar-refractivity contribution in [2.45, 2.75) is 12.5 Å². The van der Waals surface area contributed by atoms with E-state index in [-0.39, 0.29) is 6.79 Å². The second-order valence-electron chi connectivity index (χ2n) is 7.23. The molecule has 2 N–H and O–H groups in total. The molecule has 0 saturated carbocycles. The number of nitrogens with one attached hydrogen (secondary N) is 2. The van der Waals surface area contributed by atoms with Gasteiger partial charge in [-0.3, -0.25) is 5.10 Å². The van der Waals surface area contributed by atoms with Gasteiger partial charge in [-0.05, 0) is 17.7 Å². The summed E-state index contributed by atoms with van der Waals surface area (Å²) in [6, 6.07) is 6.27. The van der Waals surface area contributed by atoms with Gasteiger partial charge in [-0.1, -0.05) is 16.4 Å². The number of anilines is 2. The van der Waals surface area contributed by atoms with Gasteiger partial charge in [0, 0.05) is 44.1 Å². The molecule has 0 atom stereocenters. The number of nitrogens with zero attached hydrogens (tertiary/aromatic N) is 7. The van der Waals surface area contributed by atoms with Crippen LogP contribution in [0.1, 0.15) is 17.2 Å². The van der Waals surface area contributed by atoms with Crippen LogP contribution in [0.3, 0.4) is 0 Å². The van der Waals surface area contributed by atoms with Crippen molar-refractivity contribution >= 4 is 12.0 Å². The van der Waals surface area contributed by atoms with Gasteiger partial charge < -0.3 is 24.1 Å². The number of aromatic amines is 1. The van der Waals surface area contributed by atoms with E-state index in [1.54, 1.807) is 18.6 Å². The van der Waals surface area contributed by atoms with Crippen LogP contribution in [0.15, 0.2) is 41.2 Å². The second kappa shape index (κ2) is 7.23. The number of hydrogen-bond acceptors (Lipinski definition) is 11. The summed E-state index contributed by atoms with van der Waals surface area (Å²) in [6.45, 7) is 2.33. The molecule has 4 aromatic rings. The van der Waals surface area contributed by atoms with Crippen molar-refractivity contribution in [3.63, 3.8) is 0 Å². The first kappa shape index (κ1) is 17.6. The first-order valence-corrected chi connectivity index (χ1v) is 9.71. The zero-order chi connectivity index (χ0) is 20.6. The molecule has 1 saturated heterocycles. The maximum Gasteiger partial charge on any atom is 0.318 e. The Kier molecular flexibility index (Phi) is 4.11. The van der Waals surface area contributed by atoms with Crippen LogP contribution in [0.4, 0.5) is 12.0 Å². The molecule has 156 valence electrons. The van der Waals surface area contributed by atoms with Gasteiger partial charge in [0.25, 0.3) is 5.89 Å². The van der Waals surface area contributed by atoms with E-state index < -0.39 is 0 Å². The van der Waals surface area contributed by atoms with Crippen molar-refractivity contribution in [3.05, 3.63) is 48.0 Å². The van der Waals surface area contributed by atoms with Crippen molar-refractivity contribution in [2.24, 2.45) is 0 Å². The Balaban J connectivity index is 1.07. The lowest BCUT2D eigenvalue weighted by Gasteiger charge is -2.36. The Labute approximate surface area is 175 Å². The normalized spacial score (nSPS) is 15.2. The molecule has 2 aliphatic rings. The highest BCUT2D eigenvalue weighted by molar-refractivity contribution is 5.52. The Morgan fingerprint density at radius 3 is 2.77 bits per heavy atom. The first-order valence-electron chi connectivity index (χ1n) is 9.71. The maximum absolute atomic E-state index is 5.78. The summed E-state index contributed by atoms with van der Waals surface area (Å²) in [5, 5.41) is 21.9. The summed E-state index contributed by atoms with van der Waals surface area (Å²) >= 11 is 0. The molecule has 0 unspecified atom stereocenters. The van der Waals surface area contributed by atoms with Crippen molar-refractivity contribution in [1.29, 1.82) is 0 Å². The van der Waals surface area contributed by atoms with Crippen LogP contribution in [-0.2, 0) is 6.54 Å². The molecule has 0 aliphatic carbocycles. The zero-order valence-corrected chi connectivity index (χ0v) is 16.2. The summed E-state index contributed by atoms with van der Waals surface area (Å²) in [5.41, 5.74) is 2.63. The molecule has 1 aromatic carbocycles. The molecule has 12 nitrogen and oxygen atoms in total. The number of aromatic nitrogens is 7. The number of hydrogen-bond donors (Lipinski definition) is 2. The Bertz CT molecular complexity index is 1190. The van der Waals surface area contributed by atoms with Crippen molar-refractivity contribution in [1.82, 2.24) is 35.6 Å². The summed E-state index contributed by atoms with van der Waals surface area (Å²) < 4.78 is 16.5. The van der Waals surface area contributed by atoms with Gasteiger partial charge in [-0.25, -0.2) is 9.97 Å². The monoisotopic (exact) mass is 419 g/mol. The van der Waals surface area contributed by atoms with Crippen LogP contribution in [-0.4, -0.2) is 55.5 Å². The van der Waals surface area contributed by atoms with E-state index in [4.69, 9.17) is 13.9 Å². The SMILES string of the molecule is c1cc2c(cc1CNc1ncc(-c3nnc(N4CC(c5c[nH]nn5)C4)o3)cn1)OCO2. The van der Waals surface area contributed by atoms with E-state index in [2.05, 4.69) is 40.9 Å². The molecule has 5 heterocycles. The fourth-order valence-electron chi connectivity index (χ4n) is 3.45. The van der Waals surface area contributed by atoms with Gasteiger partial charge in [0.2, 0.25) is 12.7 Å². The lowest BCUT2D eigenvalue weighted by molar-refractivity contribution is 0.174. The van der Waals surface area contributed by atoms with Crippen LogP contribution < -0.4 is 19.7 Å². The van der Waals surface area contributed by atoms with Crippen LogP contribution >= 0.6 is 0 Å². The largest absolute Gasteiger partial charge is 0.454 e. The van der Waals surface area contributed by atoms with Crippen LogP contribution in [0.2, 0.25) is 0 Å². The van der Waals surface area contributed by atoms with E-state index >= 15 is 0 Å². The summed E-state index contributed by atoms with van der Waals surface area (Å²) in [5.74, 6) is 2.70. The maximum atomic E-state index is 5.78. The van der Waals surface area contributed by atoms with Gasteiger partial charge in [-0.15, -0.1) is 10.2 Å². The van der Waals surface area contributed by atoms with Crippen LogP contribution in [0, 0.1) is 0 Å². The fraction of sp³-hybridized carbons (Fsp3) is 0.263.